The van der Waals surface area contributed by atoms with Gasteiger partial charge in [0.2, 0.25) is 0 Å². The molecule has 1 unspecified atom stereocenters. The first-order valence-electron chi connectivity index (χ1n) is 6.53. The number of nitrogens with zero attached hydrogens (tertiary/aromatic N) is 2. The molecule has 3 nitrogen and oxygen atoms in total. The van der Waals surface area contributed by atoms with E-state index in [1.807, 2.05) is 29.6 Å². The first-order chi connectivity index (χ1) is 10.1. The van der Waals surface area contributed by atoms with Crippen LogP contribution in [0.25, 0.3) is 10.2 Å². The molecule has 6 heteroatoms. The number of halogens is 2. The van der Waals surface area contributed by atoms with Gasteiger partial charge in [0.1, 0.15) is 17.0 Å². The quantitative estimate of drug-likeness (QED) is 0.724. The molecule has 0 fully saturated rings. The molecule has 3 aromatic rings. The van der Waals surface area contributed by atoms with Crippen LogP contribution in [0.2, 0.25) is 10.0 Å². The SMILES string of the molecule is CC(Cc1c(Cl)cccc1Cl)Nc1ncnc2sccc12. The van der Waals surface area contributed by atoms with Crippen LogP contribution in [0, 0.1) is 0 Å². The second-order valence-electron chi connectivity index (χ2n) is 4.81. The summed E-state index contributed by atoms with van der Waals surface area (Å²) in [5.74, 6) is 0.844. The number of fused-ring (bicyclic) bond motifs is 1. The molecule has 1 N–H and O–H groups in total. The Morgan fingerprint density at radius 3 is 2.71 bits per heavy atom. The van der Waals surface area contributed by atoms with Crippen molar-refractivity contribution in [1.82, 2.24) is 9.97 Å². The molecule has 0 aliphatic carbocycles. The van der Waals surface area contributed by atoms with E-state index in [-0.39, 0.29) is 6.04 Å². The molecular weight excluding hydrogens is 325 g/mol. The topological polar surface area (TPSA) is 37.8 Å². The second kappa shape index (κ2) is 6.18. The number of anilines is 1. The number of hydrogen-bond acceptors (Lipinski definition) is 4. The molecule has 108 valence electrons. The van der Waals surface area contributed by atoms with Crippen molar-refractivity contribution in [2.75, 3.05) is 5.32 Å². The van der Waals surface area contributed by atoms with Crippen molar-refractivity contribution in [1.29, 1.82) is 0 Å². The molecule has 0 bridgehead atoms. The van der Waals surface area contributed by atoms with E-state index >= 15 is 0 Å². The number of hydrogen-bond donors (Lipinski definition) is 1. The molecular formula is C15H13Cl2N3S. The minimum absolute atomic E-state index is 0.153. The third-order valence-electron chi connectivity index (χ3n) is 3.22. The Morgan fingerprint density at radius 1 is 1.19 bits per heavy atom. The maximum Gasteiger partial charge on any atom is 0.138 e. The average molecular weight is 338 g/mol. The molecule has 0 aliphatic heterocycles. The largest absolute Gasteiger partial charge is 0.367 e. The number of rotatable bonds is 4. The molecule has 1 aromatic carbocycles. The fourth-order valence-corrected chi connectivity index (χ4v) is 3.51. The Labute approximate surface area is 137 Å². The van der Waals surface area contributed by atoms with Crippen LogP contribution in [-0.2, 0) is 6.42 Å². The minimum Gasteiger partial charge on any atom is -0.367 e. The van der Waals surface area contributed by atoms with Crippen molar-refractivity contribution in [2.45, 2.75) is 19.4 Å². The van der Waals surface area contributed by atoms with E-state index in [2.05, 4.69) is 22.2 Å². The molecule has 0 amide bonds. The molecule has 21 heavy (non-hydrogen) atoms. The van der Waals surface area contributed by atoms with Gasteiger partial charge in [-0.25, -0.2) is 9.97 Å². The van der Waals surface area contributed by atoms with Gasteiger partial charge in [0.25, 0.3) is 0 Å². The monoisotopic (exact) mass is 337 g/mol. The van der Waals surface area contributed by atoms with E-state index in [1.165, 1.54) is 0 Å². The highest BCUT2D eigenvalue weighted by molar-refractivity contribution is 7.16. The number of nitrogens with one attached hydrogen (secondary N) is 1. The fourth-order valence-electron chi connectivity index (χ4n) is 2.22. The zero-order valence-electron chi connectivity index (χ0n) is 11.3. The maximum absolute atomic E-state index is 6.22. The van der Waals surface area contributed by atoms with Crippen LogP contribution in [-0.4, -0.2) is 16.0 Å². The van der Waals surface area contributed by atoms with E-state index in [0.717, 1.165) is 28.0 Å². The van der Waals surface area contributed by atoms with Crippen molar-refractivity contribution in [3.63, 3.8) is 0 Å². The normalized spacial score (nSPS) is 12.5. The van der Waals surface area contributed by atoms with Crippen molar-refractivity contribution in [3.05, 3.63) is 51.6 Å². The zero-order valence-corrected chi connectivity index (χ0v) is 13.6. The van der Waals surface area contributed by atoms with Gasteiger partial charge in [0.05, 0.1) is 5.39 Å². The first kappa shape index (κ1) is 14.6. The minimum atomic E-state index is 0.153. The van der Waals surface area contributed by atoms with Crippen LogP contribution in [0.1, 0.15) is 12.5 Å². The van der Waals surface area contributed by atoms with Crippen molar-refractivity contribution in [2.24, 2.45) is 0 Å². The smallest absolute Gasteiger partial charge is 0.138 e. The van der Waals surface area contributed by atoms with Crippen molar-refractivity contribution in [3.8, 4) is 0 Å². The lowest BCUT2D eigenvalue weighted by atomic mass is 10.1. The third-order valence-corrected chi connectivity index (χ3v) is 4.75. The summed E-state index contributed by atoms with van der Waals surface area (Å²) in [6, 6.07) is 7.75. The van der Waals surface area contributed by atoms with Gasteiger partial charge < -0.3 is 5.32 Å². The highest BCUT2D eigenvalue weighted by Crippen LogP contribution is 2.28. The van der Waals surface area contributed by atoms with Gasteiger partial charge in [0.15, 0.2) is 0 Å². The van der Waals surface area contributed by atoms with Gasteiger partial charge in [0, 0.05) is 16.1 Å². The van der Waals surface area contributed by atoms with E-state index in [1.54, 1.807) is 17.7 Å². The summed E-state index contributed by atoms with van der Waals surface area (Å²) in [5.41, 5.74) is 0.955. The molecule has 3 rings (SSSR count). The van der Waals surface area contributed by atoms with Gasteiger partial charge in [-0.2, -0.15) is 0 Å². The Morgan fingerprint density at radius 2 is 1.95 bits per heavy atom. The number of aromatic nitrogens is 2. The maximum atomic E-state index is 6.22. The zero-order chi connectivity index (χ0) is 14.8. The summed E-state index contributed by atoms with van der Waals surface area (Å²) in [5, 5.41) is 7.86. The summed E-state index contributed by atoms with van der Waals surface area (Å²) in [6.07, 6.45) is 2.31. The lowest BCUT2D eigenvalue weighted by molar-refractivity contribution is 0.786. The number of thiophene rings is 1. The summed E-state index contributed by atoms with van der Waals surface area (Å²) >= 11 is 14.0. The van der Waals surface area contributed by atoms with Crippen molar-refractivity contribution >= 4 is 50.6 Å². The lowest BCUT2D eigenvalue weighted by Crippen LogP contribution is -2.19. The Balaban J connectivity index is 1.81. The van der Waals surface area contributed by atoms with Crippen LogP contribution in [0.15, 0.2) is 36.0 Å². The van der Waals surface area contributed by atoms with E-state index < -0.39 is 0 Å². The van der Waals surface area contributed by atoms with Gasteiger partial charge >= 0.3 is 0 Å². The van der Waals surface area contributed by atoms with Gasteiger partial charge in [-0.05, 0) is 42.5 Å². The van der Waals surface area contributed by atoms with E-state index in [0.29, 0.717) is 10.0 Å². The Hall–Kier alpha value is -1.36. The van der Waals surface area contributed by atoms with Crippen LogP contribution < -0.4 is 5.32 Å². The number of benzene rings is 1. The molecule has 1 atom stereocenters. The molecule has 0 spiro atoms. The highest BCUT2D eigenvalue weighted by atomic mass is 35.5. The summed E-state index contributed by atoms with van der Waals surface area (Å²) < 4.78 is 0. The van der Waals surface area contributed by atoms with Crippen LogP contribution in [0.4, 0.5) is 5.82 Å². The molecule has 2 aromatic heterocycles. The molecule has 0 saturated carbocycles. The van der Waals surface area contributed by atoms with E-state index in [9.17, 15) is 0 Å². The molecule has 0 aliphatic rings. The predicted molar refractivity (Wildman–Crippen MR) is 90.7 cm³/mol. The van der Waals surface area contributed by atoms with Crippen molar-refractivity contribution < 1.29 is 0 Å². The average Bonchev–Trinajstić information content (AvgIpc) is 2.93. The predicted octanol–water partition coefficient (Wildman–Crippen LogP) is 5.04. The van der Waals surface area contributed by atoms with Gasteiger partial charge in [-0.15, -0.1) is 11.3 Å². The summed E-state index contributed by atoms with van der Waals surface area (Å²) in [6.45, 7) is 2.08. The van der Waals surface area contributed by atoms with Crippen LogP contribution >= 0.6 is 34.5 Å². The molecule has 2 heterocycles. The first-order valence-corrected chi connectivity index (χ1v) is 8.16. The highest BCUT2D eigenvalue weighted by Gasteiger charge is 2.12. The lowest BCUT2D eigenvalue weighted by Gasteiger charge is -2.16. The van der Waals surface area contributed by atoms with Crippen LogP contribution in [0.3, 0.4) is 0 Å². The second-order valence-corrected chi connectivity index (χ2v) is 6.52. The Kier molecular flexibility index (Phi) is 4.29. The Bertz CT molecular complexity index is 752. The summed E-state index contributed by atoms with van der Waals surface area (Å²) in [4.78, 5) is 9.55. The molecule has 0 radical (unpaired) electrons. The summed E-state index contributed by atoms with van der Waals surface area (Å²) in [7, 11) is 0. The molecule has 0 saturated heterocycles. The standard InChI is InChI=1S/C15H13Cl2N3S/c1-9(7-11-12(16)3-2-4-13(11)17)20-14-10-5-6-21-15(10)19-8-18-14/h2-6,8-9H,7H2,1H3,(H,18,19,20). The van der Waals surface area contributed by atoms with Crippen LogP contribution in [0.5, 0.6) is 0 Å². The van der Waals surface area contributed by atoms with Gasteiger partial charge in [-0.1, -0.05) is 29.3 Å². The van der Waals surface area contributed by atoms with Gasteiger partial charge in [-0.3, -0.25) is 0 Å². The third kappa shape index (κ3) is 3.12. The van der Waals surface area contributed by atoms with E-state index in [4.69, 9.17) is 23.2 Å². The fraction of sp³-hybridized carbons (Fsp3) is 0.200.